The van der Waals surface area contributed by atoms with Crippen LogP contribution >= 0.6 is 11.6 Å². The van der Waals surface area contributed by atoms with E-state index in [0.29, 0.717) is 21.7 Å². The van der Waals surface area contributed by atoms with E-state index in [4.69, 9.17) is 11.6 Å². The summed E-state index contributed by atoms with van der Waals surface area (Å²) in [5.41, 5.74) is 1.80. The molecule has 0 bridgehead atoms. The molecule has 2 N–H and O–H groups in total. The molecule has 4 rings (SSSR count). The Hall–Kier alpha value is -3.43. The summed E-state index contributed by atoms with van der Waals surface area (Å²) < 4.78 is 0. The maximum atomic E-state index is 12.8. The van der Waals surface area contributed by atoms with Crippen LogP contribution in [0.15, 0.2) is 59.1 Å². The molecule has 1 heterocycles. The third kappa shape index (κ3) is 3.85. The smallest absolute Gasteiger partial charge is 0.264 e. The molecule has 2 aromatic rings. The van der Waals surface area contributed by atoms with Gasteiger partial charge in [-0.05, 0) is 25.0 Å². The third-order valence-electron chi connectivity index (χ3n) is 5.28. The molecule has 2 aromatic carbocycles. The van der Waals surface area contributed by atoms with E-state index in [1.54, 1.807) is 42.5 Å². The lowest BCUT2D eigenvalue weighted by atomic mass is 10.0. The van der Waals surface area contributed by atoms with Crippen LogP contribution in [0, 0.1) is 11.3 Å². The van der Waals surface area contributed by atoms with Crippen LogP contribution in [0.2, 0.25) is 5.02 Å². The zero-order valence-corrected chi connectivity index (χ0v) is 16.9. The molecule has 0 atom stereocenters. The van der Waals surface area contributed by atoms with Crippen molar-refractivity contribution < 1.29 is 9.59 Å². The second-order valence-electron chi connectivity index (χ2n) is 7.23. The number of amidine groups is 1. The molecule has 0 unspecified atom stereocenters. The average molecular weight is 419 g/mol. The largest absolute Gasteiger partial charge is 0.349 e. The van der Waals surface area contributed by atoms with E-state index in [9.17, 15) is 14.9 Å². The number of rotatable bonds is 3. The predicted molar refractivity (Wildman–Crippen MR) is 115 cm³/mol. The number of aliphatic imine (C=N–C) groups is 1. The number of nitriles is 1. The molecule has 30 heavy (non-hydrogen) atoms. The predicted octanol–water partition coefficient (Wildman–Crippen LogP) is 3.82. The van der Waals surface area contributed by atoms with Gasteiger partial charge in [0, 0.05) is 17.2 Å². The zero-order valence-electron chi connectivity index (χ0n) is 16.1. The molecule has 6 nitrogen and oxygen atoms in total. The van der Waals surface area contributed by atoms with Crippen molar-refractivity contribution >= 4 is 34.9 Å². The highest BCUT2D eigenvalue weighted by molar-refractivity contribution is 6.34. The van der Waals surface area contributed by atoms with Crippen LogP contribution < -0.4 is 10.6 Å². The van der Waals surface area contributed by atoms with Crippen LogP contribution in [0.5, 0.6) is 0 Å². The Morgan fingerprint density at radius 3 is 2.40 bits per heavy atom. The van der Waals surface area contributed by atoms with Crippen LogP contribution in [0.4, 0.5) is 0 Å². The molecule has 0 spiro atoms. The second kappa shape index (κ2) is 8.52. The van der Waals surface area contributed by atoms with Gasteiger partial charge < -0.3 is 10.6 Å². The van der Waals surface area contributed by atoms with Crippen molar-refractivity contribution in [3.05, 3.63) is 75.8 Å². The number of nitrogens with one attached hydrogen (secondary N) is 2. The van der Waals surface area contributed by atoms with E-state index in [2.05, 4.69) is 15.6 Å². The van der Waals surface area contributed by atoms with Gasteiger partial charge in [-0.15, -0.1) is 0 Å². The monoisotopic (exact) mass is 418 g/mol. The van der Waals surface area contributed by atoms with Gasteiger partial charge in [0.15, 0.2) is 0 Å². The van der Waals surface area contributed by atoms with Crippen LogP contribution in [-0.4, -0.2) is 23.7 Å². The fraction of sp³-hybridized carbons (Fsp3) is 0.217. The van der Waals surface area contributed by atoms with Gasteiger partial charge in [-0.2, -0.15) is 5.26 Å². The second-order valence-corrected chi connectivity index (χ2v) is 7.64. The Balaban J connectivity index is 1.68. The van der Waals surface area contributed by atoms with E-state index < -0.39 is 11.8 Å². The van der Waals surface area contributed by atoms with Gasteiger partial charge in [-0.1, -0.05) is 60.8 Å². The van der Waals surface area contributed by atoms with Gasteiger partial charge >= 0.3 is 0 Å². The molecule has 1 aliphatic carbocycles. The Labute approximate surface area is 179 Å². The maximum Gasteiger partial charge on any atom is 0.264 e. The summed E-state index contributed by atoms with van der Waals surface area (Å²) >= 11 is 6.12. The lowest BCUT2D eigenvalue weighted by molar-refractivity contribution is -0.117. The highest BCUT2D eigenvalue weighted by atomic mass is 35.5. The molecule has 150 valence electrons. The summed E-state index contributed by atoms with van der Waals surface area (Å²) in [7, 11) is 0. The van der Waals surface area contributed by atoms with Crippen molar-refractivity contribution in [3.8, 4) is 6.07 Å². The lowest BCUT2D eigenvalue weighted by Gasteiger charge is -2.11. The maximum absolute atomic E-state index is 12.8. The molecule has 0 radical (unpaired) electrons. The van der Waals surface area contributed by atoms with Crippen molar-refractivity contribution in [2.75, 3.05) is 0 Å². The number of carbonyl (C=O) groups excluding carboxylic acids is 2. The first-order valence-corrected chi connectivity index (χ1v) is 10.2. The minimum absolute atomic E-state index is 0.0589. The highest BCUT2D eigenvalue weighted by Crippen LogP contribution is 2.31. The van der Waals surface area contributed by atoms with Crippen molar-refractivity contribution in [3.63, 3.8) is 0 Å². The van der Waals surface area contributed by atoms with E-state index in [1.807, 2.05) is 12.1 Å². The first kappa shape index (κ1) is 19.9. The first-order chi connectivity index (χ1) is 14.6. The molecule has 0 saturated heterocycles. The van der Waals surface area contributed by atoms with Crippen molar-refractivity contribution in [2.45, 2.75) is 31.7 Å². The van der Waals surface area contributed by atoms with Crippen molar-refractivity contribution in [2.24, 2.45) is 4.99 Å². The number of fused-ring (bicyclic) bond motifs is 1. The molecular formula is C23H19ClN4O2. The van der Waals surface area contributed by atoms with Gasteiger partial charge in [-0.25, -0.2) is 4.99 Å². The van der Waals surface area contributed by atoms with E-state index >= 15 is 0 Å². The molecule has 7 heteroatoms. The summed E-state index contributed by atoms with van der Waals surface area (Å²) in [4.78, 5) is 29.9. The van der Waals surface area contributed by atoms with Crippen LogP contribution in [0.1, 0.15) is 47.2 Å². The number of hydrogen-bond acceptors (Lipinski definition) is 4. The highest BCUT2D eigenvalue weighted by Gasteiger charge is 2.28. The minimum Gasteiger partial charge on any atom is -0.349 e. The number of amides is 2. The summed E-state index contributed by atoms with van der Waals surface area (Å²) in [5.74, 6) is -0.562. The average Bonchev–Trinajstić information content (AvgIpc) is 3.38. The Morgan fingerprint density at radius 1 is 1.03 bits per heavy atom. The SMILES string of the molecule is N#CC(C(=O)NC1CCCC1)=C1N=C(NC(=O)c2ccccc2Cl)c2ccccc21. The number of halogens is 1. The molecule has 1 fully saturated rings. The normalized spacial score (nSPS) is 17.0. The fourth-order valence-electron chi connectivity index (χ4n) is 3.77. The zero-order chi connectivity index (χ0) is 21.1. The summed E-state index contributed by atoms with van der Waals surface area (Å²) in [5, 5.41) is 15.7. The van der Waals surface area contributed by atoms with Gasteiger partial charge in [0.2, 0.25) is 0 Å². The van der Waals surface area contributed by atoms with Gasteiger partial charge in [0.25, 0.3) is 11.8 Å². The van der Waals surface area contributed by atoms with Gasteiger partial charge in [0.1, 0.15) is 17.5 Å². The lowest BCUT2D eigenvalue weighted by Crippen LogP contribution is -2.33. The summed E-state index contributed by atoms with van der Waals surface area (Å²) in [6, 6.07) is 16.0. The van der Waals surface area contributed by atoms with Crippen LogP contribution in [0.3, 0.4) is 0 Å². The molecule has 0 aromatic heterocycles. The van der Waals surface area contributed by atoms with E-state index in [1.165, 1.54) is 0 Å². The fourth-order valence-corrected chi connectivity index (χ4v) is 3.99. The molecule has 1 aliphatic heterocycles. The molecular weight excluding hydrogens is 400 g/mol. The summed E-state index contributed by atoms with van der Waals surface area (Å²) in [6.45, 7) is 0. The number of benzene rings is 2. The van der Waals surface area contributed by atoms with E-state index in [0.717, 1.165) is 25.7 Å². The summed E-state index contributed by atoms with van der Waals surface area (Å²) in [6.07, 6.45) is 3.97. The van der Waals surface area contributed by atoms with Crippen molar-refractivity contribution in [1.29, 1.82) is 5.26 Å². The minimum atomic E-state index is -0.434. The number of nitrogens with zero attached hydrogens (tertiary/aromatic N) is 2. The van der Waals surface area contributed by atoms with Crippen molar-refractivity contribution in [1.82, 2.24) is 10.6 Å². The van der Waals surface area contributed by atoms with Gasteiger partial charge in [-0.3, -0.25) is 9.59 Å². The quantitative estimate of drug-likeness (QED) is 0.586. The number of hydrogen-bond donors (Lipinski definition) is 2. The third-order valence-corrected chi connectivity index (χ3v) is 5.61. The standard InChI is InChI=1S/C23H19ClN4O2/c24-19-12-6-5-11-17(19)22(29)28-21-16-10-4-3-9-15(16)20(27-21)18(13-25)23(30)26-14-7-1-2-8-14/h3-6,9-12,14H,1-2,7-8H2,(H,26,30)(H,27,28,29). The Morgan fingerprint density at radius 2 is 1.70 bits per heavy atom. The Kier molecular flexibility index (Phi) is 5.64. The van der Waals surface area contributed by atoms with Crippen LogP contribution in [-0.2, 0) is 4.79 Å². The molecule has 1 saturated carbocycles. The first-order valence-electron chi connectivity index (χ1n) is 9.78. The van der Waals surface area contributed by atoms with E-state index in [-0.39, 0.29) is 23.1 Å². The topological polar surface area (TPSA) is 94.3 Å². The van der Waals surface area contributed by atoms with Gasteiger partial charge in [0.05, 0.1) is 16.3 Å². The Bertz CT molecular complexity index is 1120. The molecule has 2 amide bonds. The number of carbonyl (C=O) groups is 2. The van der Waals surface area contributed by atoms with Crippen LogP contribution in [0.25, 0.3) is 5.70 Å². The molecule has 2 aliphatic rings.